The summed E-state index contributed by atoms with van der Waals surface area (Å²) in [5.41, 5.74) is -0.225. The maximum atomic E-state index is 9.80. The van der Waals surface area contributed by atoms with Gasteiger partial charge in [0.15, 0.2) is 0 Å². The normalized spacial score (nSPS) is 30.3. The van der Waals surface area contributed by atoms with Gasteiger partial charge in [-0.1, -0.05) is 0 Å². The van der Waals surface area contributed by atoms with Crippen molar-refractivity contribution in [2.75, 3.05) is 19.8 Å². The third-order valence-corrected chi connectivity index (χ3v) is 4.52. The Hall–Kier alpha value is -0.160. The Balaban J connectivity index is 1.94. The van der Waals surface area contributed by atoms with E-state index in [2.05, 4.69) is 19.2 Å². The first-order valence-corrected chi connectivity index (χ1v) is 7.11. The minimum absolute atomic E-state index is 0.0168. The molecule has 106 valence electrons. The Morgan fingerprint density at radius 1 is 1.28 bits per heavy atom. The summed E-state index contributed by atoms with van der Waals surface area (Å²) in [4.78, 5) is 0. The van der Waals surface area contributed by atoms with Crippen LogP contribution in [0.15, 0.2) is 0 Å². The lowest BCUT2D eigenvalue weighted by molar-refractivity contribution is -0.142. The van der Waals surface area contributed by atoms with Crippen molar-refractivity contribution in [2.24, 2.45) is 0 Å². The van der Waals surface area contributed by atoms with Crippen LogP contribution in [-0.2, 0) is 9.47 Å². The molecule has 2 saturated heterocycles. The summed E-state index contributed by atoms with van der Waals surface area (Å²) in [6.45, 7) is 8.40. The van der Waals surface area contributed by atoms with Gasteiger partial charge in [0.1, 0.15) is 0 Å². The molecule has 2 atom stereocenters. The summed E-state index contributed by atoms with van der Waals surface area (Å²) in [5, 5.41) is 13.4. The standard InChI is InChI=1S/C14H27NO3/c1-11(16)13(2,3)15-12-4-7-18-14(10-12)5-8-17-9-6-14/h11-12,15-16H,4-10H2,1-3H3. The number of hydrogen-bond acceptors (Lipinski definition) is 4. The monoisotopic (exact) mass is 257 g/mol. The van der Waals surface area contributed by atoms with Crippen LogP contribution < -0.4 is 5.32 Å². The van der Waals surface area contributed by atoms with E-state index in [0.717, 1.165) is 45.5 Å². The second-order valence-electron chi connectivity index (χ2n) is 6.38. The zero-order chi connectivity index (χ0) is 13.2. The Morgan fingerprint density at radius 2 is 1.94 bits per heavy atom. The summed E-state index contributed by atoms with van der Waals surface area (Å²) >= 11 is 0. The van der Waals surface area contributed by atoms with Crippen LogP contribution in [0.3, 0.4) is 0 Å². The van der Waals surface area contributed by atoms with E-state index in [9.17, 15) is 5.11 Å². The van der Waals surface area contributed by atoms with Crippen molar-refractivity contribution in [3.05, 3.63) is 0 Å². The first-order valence-electron chi connectivity index (χ1n) is 7.11. The molecule has 0 bridgehead atoms. The van der Waals surface area contributed by atoms with Gasteiger partial charge in [-0.15, -0.1) is 0 Å². The molecule has 0 radical (unpaired) electrons. The van der Waals surface area contributed by atoms with E-state index in [1.165, 1.54) is 0 Å². The van der Waals surface area contributed by atoms with Crippen molar-refractivity contribution in [2.45, 2.75) is 69.7 Å². The Bertz CT molecular complexity index is 267. The fraction of sp³-hybridized carbons (Fsp3) is 1.00. The molecule has 2 unspecified atom stereocenters. The third-order valence-electron chi connectivity index (χ3n) is 4.52. The predicted molar refractivity (Wildman–Crippen MR) is 70.7 cm³/mol. The van der Waals surface area contributed by atoms with E-state index < -0.39 is 0 Å². The molecule has 0 aromatic heterocycles. The molecule has 1 spiro atoms. The molecule has 2 heterocycles. The molecule has 0 aromatic carbocycles. The zero-order valence-corrected chi connectivity index (χ0v) is 11.9. The highest BCUT2D eigenvalue weighted by atomic mass is 16.5. The summed E-state index contributed by atoms with van der Waals surface area (Å²) in [6, 6.07) is 0.432. The number of aliphatic hydroxyl groups excluding tert-OH is 1. The Labute approximate surface area is 110 Å². The average Bonchev–Trinajstić information content (AvgIpc) is 2.29. The van der Waals surface area contributed by atoms with Crippen molar-refractivity contribution in [3.8, 4) is 0 Å². The van der Waals surface area contributed by atoms with Gasteiger partial charge in [-0.25, -0.2) is 0 Å². The number of nitrogens with one attached hydrogen (secondary N) is 1. The van der Waals surface area contributed by atoms with Gasteiger partial charge in [-0.05, 0) is 46.5 Å². The lowest BCUT2D eigenvalue weighted by Gasteiger charge is -2.46. The van der Waals surface area contributed by atoms with Gasteiger partial charge in [0.25, 0.3) is 0 Å². The Kier molecular flexibility index (Phi) is 4.32. The van der Waals surface area contributed by atoms with Crippen molar-refractivity contribution < 1.29 is 14.6 Å². The summed E-state index contributed by atoms with van der Waals surface area (Å²) < 4.78 is 11.5. The largest absolute Gasteiger partial charge is 0.392 e. The molecule has 2 N–H and O–H groups in total. The quantitative estimate of drug-likeness (QED) is 0.804. The molecular formula is C14H27NO3. The van der Waals surface area contributed by atoms with Gasteiger partial charge in [-0.2, -0.15) is 0 Å². The molecule has 18 heavy (non-hydrogen) atoms. The molecule has 0 aromatic rings. The van der Waals surface area contributed by atoms with Gasteiger partial charge >= 0.3 is 0 Å². The Morgan fingerprint density at radius 3 is 2.56 bits per heavy atom. The van der Waals surface area contributed by atoms with Gasteiger partial charge in [0, 0.05) is 31.4 Å². The highest BCUT2D eigenvalue weighted by Crippen LogP contribution is 2.34. The van der Waals surface area contributed by atoms with Crippen LogP contribution in [0.25, 0.3) is 0 Å². The molecule has 2 aliphatic rings. The van der Waals surface area contributed by atoms with Crippen LogP contribution in [-0.4, -0.2) is 48.2 Å². The third kappa shape index (κ3) is 3.23. The maximum Gasteiger partial charge on any atom is 0.0741 e. The number of hydrogen-bond donors (Lipinski definition) is 2. The smallest absolute Gasteiger partial charge is 0.0741 e. The highest BCUT2D eigenvalue weighted by molar-refractivity contribution is 4.95. The van der Waals surface area contributed by atoms with Crippen LogP contribution in [0.5, 0.6) is 0 Å². The number of ether oxygens (including phenoxy) is 2. The van der Waals surface area contributed by atoms with E-state index in [-0.39, 0.29) is 17.2 Å². The van der Waals surface area contributed by atoms with Crippen molar-refractivity contribution >= 4 is 0 Å². The van der Waals surface area contributed by atoms with E-state index in [1.54, 1.807) is 0 Å². The molecule has 4 nitrogen and oxygen atoms in total. The van der Waals surface area contributed by atoms with E-state index in [4.69, 9.17) is 9.47 Å². The van der Waals surface area contributed by atoms with Crippen molar-refractivity contribution in [3.63, 3.8) is 0 Å². The fourth-order valence-corrected chi connectivity index (χ4v) is 2.89. The first-order chi connectivity index (χ1) is 8.44. The predicted octanol–water partition coefficient (Wildman–Crippen LogP) is 1.46. The molecule has 2 rings (SSSR count). The summed E-state index contributed by atoms with van der Waals surface area (Å²) in [7, 11) is 0. The topological polar surface area (TPSA) is 50.7 Å². The van der Waals surface area contributed by atoms with Crippen molar-refractivity contribution in [1.29, 1.82) is 0 Å². The minimum atomic E-state index is -0.356. The van der Waals surface area contributed by atoms with Crippen LogP contribution in [0.4, 0.5) is 0 Å². The molecule has 2 aliphatic heterocycles. The van der Waals surface area contributed by atoms with Crippen LogP contribution >= 0.6 is 0 Å². The lowest BCUT2D eigenvalue weighted by Crippen LogP contribution is -2.57. The fourth-order valence-electron chi connectivity index (χ4n) is 2.89. The van der Waals surface area contributed by atoms with Gasteiger partial charge in [-0.3, -0.25) is 0 Å². The maximum absolute atomic E-state index is 9.80. The molecular weight excluding hydrogens is 230 g/mol. The second-order valence-corrected chi connectivity index (χ2v) is 6.38. The van der Waals surface area contributed by atoms with Crippen LogP contribution in [0.1, 0.15) is 46.5 Å². The minimum Gasteiger partial charge on any atom is -0.392 e. The first kappa shape index (κ1) is 14.3. The molecule has 4 heteroatoms. The average molecular weight is 257 g/mol. The van der Waals surface area contributed by atoms with Gasteiger partial charge in [0.05, 0.1) is 11.7 Å². The van der Waals surface area contributed by atoms with Crippen LogP contribution in [0, 0.1) is 0 Å². The molecule has 0 saturated carbocycles. The van der Waals surface area contributed by atoms with Crippen molar-refractivity contribution in [1.82, 2.24) is 5.32 Å². The lowest BCUT2D eigenvalue weighted by atomic mass is 9.83. The summed E-state index contributed by atoms with van der Waals surface area (Å²) in [6.07, 6.45) is 3.71. The highest BCUT2D eigenvalue weighted by Gasteiger charge is 2.40. The van der Waals surface area contributed by atoms with E-state index in [1.807, 2.05) is 6.92 Å². The van der Waals surface area contributed by atoms with Gasteiger partial charge < -0.3 is 19.9 Å². The van der Waals surface area contributed by atoms with Crippen LogP contribution in [0.2, 0.25) is 0 Å². The molecule has 2 fully saturated rings. The molecule has 0 amide bonds. The zero-order valence-electron chi connectivity index (χ0n) is 11.9. The number of rotatable bonds is 3. The summed E-state index contributed by atoms with van der Waals surface area (Å²) in [5.74, 6) is 0. The van der Waals surface area contributed by atoms with E-state index in [0.29, 0.717) is 6.04 Å². The second kappa shape index (κ2) is 5.45. The SMILES string of the molecule is CC(O)C(C)(C)NC1CCOC2(CCOCC2)C1. The molecule has 0 aliphatic carbocycles. The number of aliphatic hydroxyl groups is 1. The van der Waals surface area contributed by atoms with Gasteiger partial charge in [0.2, 0.25) is 0 Å². The van der Waals surface area contributed by atoms with E-state index >= 15 is 0 Å².